The van der Waals surface area contributed by atoms with Crippen molar-refractivity contribution in [1.82, 2.24) is 0 Å². The molecule has 0 aliphatic rings. The first-order valence-corrected chi connectivity index (χ1v) is 9.91. The van der Waals surface area contributed by atoms with Gasteiger partial charge < -0.3 is 10.1 Å². The number of esters is 1. The Kier molecular flexibility index (Phi) is 7.82. The molecule has 0 atom stereocenters. The summed E-state index contributed by atoms with van der Waals surface area (Å²) in [7, 11) is 0. The second-order valence-corrected chi connectivity index (χ2v) is 7.29. The number of aryl methyl sites for hydroxylation is 1. The summed E-state index contributed by atoms with van der Waals surface area (Å²) < 4.78 is 4.98. The van der Waals surface area contributed by atoms with E-state index < -0.39 is 5.97 Å². The summed E-state index contributed by atoms with van der Waals surface area (Å²) in [6.45, 7) is 3.91. The van der Waals surface area contributed by atoms with Crippen LogP contribution < -0.4 is 5.32 Å². The van der Waals surface area contributed by atoms with E-state index in [4.69, 9.17) is 27.9 Å². The van der Waals surface area contributed by atoms with Crippen LogP contribution in [-0.4, -0.2) is 24.2 Å². The van der Waals surface area contributed by atoms with Crippen LogP contribution >= 0.6 is 35.0 Å². The highest BCUT2D eigenvalue weighted by Gasteiger charge is 2.12. The van der Waals surface area contributed by atoms with Crippen molar-refractivity contribution in [2.75, 3.05) is 17.7 Å². The Morgan fingerprint density at radius 3 is 2.50 bits per heavy atom. The predicted octanol–water partition coefficient (Wildman–Crippen LogP) is 5.35. The number of hydrogen-bond donors (Lipinski definition) is 1. The lowest BCUT2D eigenvalue weighted by Gasteiger charge is -2.11. The Bertz CT molecular complexity index is 791. The van der Waals surface area contributed by atoms with Gasteiger partial charge in [-0.3, -0.25) is 4.79 Å². The maximum Gasteiger partial charge on any atom is 0.338 e. The molecule has 0 unspecified atom stereocenters. The Labute approximate surface area is 167 Å². The second kappa shape index (κ2) is 9.86. The van der Waals surface area contributed by atoms with Crippen molar-refractivity contribution < 1.29 is 14.3 Å². The molecule has 4 nitrogen and oxygen atoms in total. The summed E-state index contributed by atoms with van der Waals surface area (Å²) in [5.41, 5.74) is 2.68. The van der Waals surface area contributed by atoms with Crippen LogP contribution in [0, 0.1) is 6.92 Å². The van der Waals surface area contributed by atoms with Crippen molar-refractivity contribution in [2.24, 2.45) is 0 Å². The van der Waals surface area contributed by atoms with E-state index in [1.807, 2.05) is 6.92 Å². The summed E-state index contributed by atoms with van der Waals surface area (Å²) in [6.07, 6.45) is 0. The van der Waals surface area contributed by atoms with E-state index in [2.05, 4.69) is 5.32 Å². The smallest absolute Gasteiger partial charge is 0.338 e. The zero-order valence-electron chi connectivity index (χ0n) is 14.5. The molecular formula is C19H19Cl2NO3S. The zero-order chi connectivity index (χ0) is 19.1. The fourth-order valence-electron chi connectivity index (χ4n) is 2.20. The monoisotopic (exact) mass is 411 g/mol. The van der Waals surface area contributed by atoms with Gasteiger partial charge in [0.1, 0.15) is 0 Å². The fourth-order valence-corrected chi connectivity index (χ4v) is 3.76. The highest BCUT2D eigenvalue weighted by atomic mass is 35.5. The maximum atomic E-state index is 12.2. The molecule has 1 amide bonds. The highest BCUT2D eigenvalue weighted by molar-refractivity contribution is 7.99. The molecule has 0 saturated carbocycles. The van der Waals surface area contributed by atoms with Crippen LogP contribution in [0.3, 0.4) is 0 Å². The van der Waals surface area contributed by atoms with Crippen LogP contribution in [0.4, 0.5) is 5.69 Å². The van der Waals surface area contributed by atoms with Crippen LogP contribution in [0.1, 0.15) is 28.4 Å². The highest BCUT2D eigenvalue weighted by Crippen LogP contribution is 2.28. The first-order valence-electron chi connectivity index (χ1n) is 8.00. The second-order valence-electron chi connectivity index (χ2n) is 5.49. The minimum atomic E-state index is -0.411. The molecule has 0 aliphatic heterocycles. The van der Waals surface area contributed by atoms with Gasteiger partial charge in [0.05, 0.1) is 17.9 Å². The van der Waals surface area contributed by atoms with Gasteiger partial charge in [0.15, 0.2) is 0 Å². The van der Waals surface area contributed by atoms with Gasteiger partial charge >= 0.3 is 5.97 Å². The molecule has 2 rings (SSSR count). The Morgan fingerprint density at radius 1 is 1.15 bits per heavy atom. The Hall–Kier alpha value is -1.69. The van der Waals surface area contributed by atoms with Crippen LogP contribution in [0.15, 0.2) is 36.4 Å². The number of carbonyl (C=O) groups excluding carboxylic acids is 2. The van der Waals surface area contributed by atoms with Crippen molar-refractivity contribution in [3.05, 3.63) is 63.1 Å². The standard InChI is InChI=1S/C19H19Cl2NO3S/c1-3-25-19(24)13-8-7-12(2)17(9-13)22-18(23)11-26-10-14-15(20)5-4-6-16(14)21/h4-9H,3,10-11H2,1-2H3,(H,22,23). The molecule has 2 aromatic carbocycles. The van der Waals surface area contributed by atoms with E-state index in [0.29, 0.717) is 33.7 Å². The summed E-state index contributed by atoms with van der Waals surface area (Å²) in [4.78, 5) is 24.0. The first-order chi connectivity index (χ1) is 12.4. The largest absolute Gasteiger partial charge is 0.462 e. The molecule has 0 spiro atoms. The van der Waals surface area contributed by atoms with E-state index in [1.165, 1.54) is 11.8 Å². The number of hydrogen-bond acceptors (Lipinski definition) is 4. The SMILES string of the molecule is CCOC(=O)c1ccc(C)c(NC(=O)CSCc2c(Cl)cccc2Cl)c1. The van der Waals surface area contributed by atoms with Crippen molar-refractivity contribution in [2.45, 2.75) is 19.6 Å². The average molecular weight is 412 g/mol. The lowest BCUT2D eigenvalue weighted by atomic mass is 10.1. The maximum absolute atomic E-state index is 12.2. The lowest BCUT2D eigenvalue weighted by molar-refractivity contribution is -0.113. The number of ether oxygens (including phenoxy) is 1. The summed E-state index contributed by atoms with van der Waals surface area (Å²) >= 11 is 13.7. The molecule has 0 fully saturated rings. The topological polar surface area (TPSA) is 55.4 Å². The molecule has 138 valence electrons. The van der Waals surface area contributed by atoms with Gasteiger partial charge in [-0.15, -0.1) is 11.8 Å². The zero-order valence-corrected chi connectivity index (χ0v) is 16.8. The minimum absolute atomic E-state index is 0.165. The number of amides is 1. The van der Waals surface area contributed by atoms with E-state index in [-0.39, 0.29) is 11.7 Å². The normalized spacial score (nSPS) is 10.5. The van der Waals surface area contributed by atoms with Crippen molar-refractivity contribution in [1.29, 1.82) is 0 Å². The summed E-state index contributed by atoms with van der Waals surface area (Å²) in [5, 5.41) is 4.00. The fraction of sp³-hybridized carbons (Fsp3) is 0.263. The number of benzene rings is 2. The Morgan fingerprint density at radius 2 is 1.85 bits per heavy atom. The number of rotatable bonds is 7. The molecule has 0 radical (unpaired) electrons. The summed E-state index contributed by atoms with van der Waals surface area (Å²) in [6, 6.07) is 10.4. The van der Waals surface area contributed by atoms with Crippen molar-refractivity contribution in [3.63, 3.8) is 0 Å². The van der Waals surface area contributed by atoms with Gasteiger partial charge in [-0.1, -0.05) is 35.3 Å². The molecule has 2 aromatic rings. The van der Waals surface area contributed by atoms with Gasteiger partial charge in [0, 0.05) is 21.5 Å². The summed E-state index contributed by atoms with van der Waals surface area (Å²) in [5.74, 6) is 0.200. The molecule has 0 heterocycles. The van der Waals surface area contributed by atoms with Crippen LogP contribution in [0.5, 0.6) is 0 Å². The molecule has 0 bridgehead atoms. The first kappa shape index (κ1) is 20.6. The van der Waals surface area contributed by atoms with Gasteiger partial charge in [0.2, 0.25) is 5.91 Å². The third kappa shape index (κ3) is 5.66. The van der Waals surface area contributed by atoms with Gasteiger partial charge in [-0.05, 0) is 49.2 Å². The van der Waals surface area contributed by atoms with Crippen LogP contribution in [0.25, 0.3) is 0 Å². The quantitative estimate of drug-likeness (QED) is 0.623. The third-order valence-corrected chi connectivity index (χ3v) is 5.23. The number of carbonyl (C=O) groups is 2. The van der Waals surface area contributed by atoms with E-state index in [1.54, 1.807) is 43.3 Å². The molecule has 26 heavy (non-hydrogen) atoms. The molecule has 0 aliphatic carbocycles. The Balaban J connectivity index is 1.95. The van der Waals surface area contributed by atoms with Crippen molar-refractivity contribution >= 4 is 52.5 Å². The average Bonchev–Trinajstić information content (AvgIpc) is 2.59. The number of nitrogens with one attached hydrogen (secondary N) is 1. The number of thioether (sulfide) groups is 1. The minimum Gasteiger partial charge on any atom is -0.462 e. The van der Waals surface area contributed by atoms with Crippen LogP contribution in [-0.2, 0) is 15.3 Å². The number of halogens is 2. The lowest BCUT2D eigenvalue weighted by Crippen LogP contribution is -2.16. The van der Waals surface area contributed by atoms with Gasteiger partial charge in [-0.25, -0.2) is 4.79 Å². The molecule has 0 aromatic heterocycles. The van der Waals surface area contributed by atoms with Gasteiger partial charge in [-0.2, -0.15) is 0 Å². The number of anilines is 1. The molecule has 0 saturated heterocycles. The predicted molar refractivity (Wildman–Crippen MR) is 108 cm³/mol. The molecule has 7 heteroatoms. The third-order valence-electron chi connectivity index (χ3n) is 3.56. The van der Waals surface area contributed by atoms with Crippen LogP contribution in [0.2, 0.25) is 10.0 Å². The molecule has 1 N–H and O–H groups in total. The van der Waals surface area contributed by atoms with E-state index in [0.717, 1.165) is 11.1 Å². The van der Waals surface area contributed by atoms with E-state index in [9.17, 15) is 9.59 Å². The van der Waals surface area contributed by atoms with Crippen molar-refractivity contribution in [3.8, 4) is 0 Å². The van der Waals surface area contributed by atoms with E-state index >= 15 is 0 Å². The van der Waals surface area contributed by atoms with Gasteiger partial charge in [0.25, 0.3) is 0 Å². The molecular weight excluding hydrogens is 393 g/mol.